The highest BCUT2D eigenvalue weighted by Gasteiger charge is 2.37. The van der Waals surface area contributed by atoms with Crippen LogP contribution in [0, 0.1) is 6.92 Å². The number of imidazole rings is 1. The Morgan fingerprint density at radius 1 is 1.58 bits per heavy atom. The largest absolute Gasteiger partial charge is 0.461 e. The lowest BCUT2D eigenvalue weighted by Gasteiger charge is -2.41. The number of aromatic nitrogens is 2. The molecular weight excluding hydrogens is 262 g/mol. The molecule has 1 aliphatic carbocycles. The Labute approximate surface area is 117 Å². The molecule has 2 N–H and O–H groups in total. The van der Waals surface area contributed by atoms with E-state index >= 15 is 0 Å². The quantitative estimate of drug-likeness (QED) is 0.839. The van der Waals surface area contributed by atoms with E-state index in [-0.39, 0.29) is 10.4 Å². The molecule has 0 spiro atoms. The molecule has 0 atom stereocenters. The fourth-order valence-corrected chi connectivity index (χ4v) is 3.37. The first-order valence-electron chi connectivity index (χ1n) is 6.58. The number of esters is 1. The molecule has 0 bridgehead atoms. The molecule has 0 radical (unpaired) electrons. The lowest BCUT2D eigenvalue weighted by Crippen LogP contribution is -2.38. The van der Waals surface area contributed by atoms with Crippen molar-refractivity contribution >= 4 is 23.5 Å². The van der Waals surface area contributed by atoms with Gasteiger partial charge in [-0.3, -0.25) is 0 Å². The summed E-state index contributed by atoms with van der Waals surface area (Å²) in [6.45, 7) is 4.80. The van der Waals surface area contributed by atoms with Crippen molar-refractivity contribution in [2.75, 3.05) is 18.6 Å². The topological polar surface area (TPSA) is 70.1 Å². The van der Waals surface area contributed by atoms with Gasteiger partial charge in [0.15, 0.2) is 5.69 Å². The van der Waals surface area contributed by atoms with Crippen molar-refractivity contribution in [1.29, 1.82) is 0 Å². The SMILES string of the molecule is CCOC(=O)c1nc(C)n(CC2(SC)CCC2)c1N. The second kappa shape index (κ2) is 5.45. The van der Waals surface area contributed by atoms with Crippen LogP contribution in [-0.2, 0) is 11.3 Å². The summed E-state index contributed by atoms with van der Waals surface area (Å²) < 4.78 is 7.18. The number of ether oxygens (including phenoxy) is 1. The predicted octanol–water partition coefficient (Wildman–Crippen LogP) is 2.24. The number of aryl methyl sites for hydroxylation is 1. The molecule has 106 valence electrons. The zero-order valence-electron chi connectivity index (χ0n) is 11.7. The number of rotatable bonds is 5. The van der Waals surface area contributed by atoms with Gasteiger partial charge in [0.05, 0.1) is 6.61 Å². The molecule has 0 aromatic carbocycles. The van der Waals surface area contributed by atoms with Crippen molar-refractivity contribution in [2.24, 2.45) is 0 Å². The minimum absolute atomic E-state index is 0.245. The molecule has 6 heteroatoms. The molecule has 0 amide bonds. The highest BCUT2D eigenvalue weighted by Crippen LogP contribution is 2.44. The van der Waals surface area contributed by atoms with Crippen molar-refractivity contribution < 1.29 is 9.53 Å². The number of nitrogens with two attached hydrogens (primary N) is 1. The molecule has 0 unspecified atom stereocenters. The molecule has 19 heavy (non-hydrogen) atoms. The smallest absolute Gasteiger partial charge is 0.360 e. The molecule has 1 aliphatic rings. The summed E-state index contributed by atoms with van der Waals surface area (Å²) in [7, 11) is 0. The highest BCUT2D eigenvalue weighted by molar-refractivity contribution is 8.00. The fourth-order valence-electron chi connectivity index (χ4n) is 2.42. The molecule has 2 rings (SSSR count). The molecule has 0 aliphatic heterocycles. The summed E-state index contributed by atoms with van der Waals surface area (Å²) in [5.74, 6) is 0.769. The third kappa shape index (κ3) is 2.59. The molecule has 1 aromatic heterocycles. The first-order valence-corrected chi connectivity index (χ1v) is 7.80. The number of nitrogen functional groups attached to an aromatic ring is 1. The standard InChI is InChI=1S/C13H21N3O2S/c1-4-18-12(17)10-11(14)16(9(2)15-10)8-13(19-3)6-5-7-13/h4-8,14H2,1-3H3. The first kappa shape index (κ1) is 14.2. The van der Waals surface area contributed by atoms with E-state index in [1.807, 2.05) is 23.3 Å². The van der Waals surface area contributed by atoms with Crippen LogP contribution < -0.4 is 5.73 Å². The molecule has 1 heterocycles. The average molecular weight is 283 g/mol. The van der Waals surface area contributed by atoms with Crippen LogP contribution in [0.15, 0.2) is 0 Å². The van der Waals surface area contributed by atoms with E-state index in [1.54, 1.807) is 6.92 Å². The second-order valence-corrected chi connectivity index (χ2v) is 6.21. The van der Waals surface area contributed by atoms with Crippen LogP contribution in [0.3, 0.4) is 0 Å². The van der Waals surface area contributed by atoms with Gasteiger partial charge in [-0.25, -0.2) is 9.78 Å². The maximum absolute atomic E-state index is 11.8. The van der Waals surface area contributed by atoms with E-state index in [9.17, 15) is 4.79 Å². The third-order valence-corrected chi connectivity index (χ3v) is 5.21. The number of thioether (sulfide) groups is 1. The summed E-state index contributed by atoms with van der Waals surface area (Å²) in [6.07, 6.45) is 5.78. The average Bonchev–Trinajstić information content (AvgIpc) is 2.61. The normalized spacial score (nSPS) is 17.0. The molecule has 1 fully saturated rings. The van der Waals surface area contributed by atoms with E-state index in [0.29, 0.717) is 12.4 Å². The molecular formula is C13H21N3O2S. The summed E-state index contributed by atoms with van der Waals surface area (Å²) in [6, 6.07) is 0. The maximum atomic E-state index is 11.8. The highest BCUT2D eigenvalue weighted by atomic mass is 32.2. The first-order chi connectivity index (χ1) is 9.03. The van der Waals surface area contributed by atoms with E-state index in [0.717, 1.165) is 12.4 Å². The minimum Gasteiger partial charge on any atom is -0.461 e. The van der Waals surface area contributed by atoms with Gasteiger partial charge in [-0.15, -0.1) is 0 Å². The van der Waals surface area contributed by atoms with E-state index in [2.05, 4.69) is 11.2 Å². The lowest BCUT2D eigenvalue weighted by atomic mass is 9.84. The van der Waals surface area contributed by atoms with Gasteiger partial charge >= 0.3 is 5.97 Å². The summed E-state index contributed by atoms with van der Waals surface area (Å²) in [5, 5.41) is 0. The van der Waals surface area contributed by atoms with Crippen molar-refractivity contribution in [3.05, 3.63) is 11.5 Å². The molecule has 1 aromatic rings. The van der Waals surface area contributed by atoms with Crippen LogP contribution in [0.2, 0.25) is 0 Å². The summed E-state index contributed by atoms with van der Waals surface area (Å²) in [4.78, 5) is 16.0. The Morgan fingerprint density at radius 2 is 2.26 bits per heavy atom. The van der Waals surface area contributed by atoms with Crippen LogP contribution in [0.1, 0.15) is 42.5 Å². The predicted molar refractivity (Wildman–Crippen MR) is 77.4 cm³/mol. The Balaban J connectivity index is 2.24. The van der Waals surface area contributed by atoms with Gasteiger partial charge in [0, 0.05) is 11.3 Å². The summed E-state index contributed by atoms with van der Waals surface area (Å²) in [5.41, 5.74) is 6.31. The zero-order valence-corrected chi connectivity index (χ0v) is 12.5. The van der Waals surface area contributed by atoms with E-state index in [4.69, 9.17) is 10.5 Å². The number of anilines is 1. The minimum atomic E-state index is -0.436. The maximum Gasteiger partial charge on any atom is 0.360 e. The van der Waals surface area contributed by atoms with Crippen LogP contribution in [-0.4, -0.2) is 33.1 Å². The van der Waals surface area contributed by atoms with Crippen LogP contribution in [0.4, 0.5) is 5.82 Å². The number of carbonyl (C=O) groups excluding carboxylic acids is 1. The van der Waals surface area contributed by atoms with Crippen molar-refractivity contribution in [1.82, 2.24) is 9.55 Å². The van der Waals surface area contributed by atoms with Crippen molar-refractivity contribution in [2.45, 2.75) is 44.4 Å². The van der Waals surface area contributed by atoms with E-state index in [1.165, 1.54) is 19.3 Å². The molecule has 0 saturated heterocycles. The Bertz CT molecular complexity index is 475. The lowest BCUT2D eigenvalue weighted by molar-refractivity contribution is 0.0521. The Morgan fingerprint density at radius 3 is 2.74 bits per heavy atom. The Hall–Kier alpha value is -1.17. The van der Waals surface area contributed by atoms with Gasteiger partial charge in [-0.2, -0.15) is 11.8 Å². The third-order valence-electron chi connectivity index (χ3n) is 3.81. The van der Waals surface area contributed by atoms with Crippen LogP contribution in [0.5, 0.6) is 0 Å². The number of nitrogens with zero attached hydrogens (tertiary/aromatic N) is 2. The fraction of sp³-hybridized carbons (Fsp3) is 0.692. The van der Waals surface area contributed by atoms with Gasteiger partial charge in [-0.05, 0) is 32.9 Å². The zero-order chi connectivity index (χ0) is 14.0. The number of hydrogen-bond donors (Lipinski definition) is 1. The summed E-state index contributed by atoms with van der Waals surface area (Å²) >= 11 is 1.88. The Kier molecular flexibility index (Phi) is 4.08. The second-order valence-electron chi connectivity index (χ2n) is 4.94. The van der Waals surface area contributed by atoms with E-state index < -0.39 is 5.97 Å². The van der Waals surface area contributed by atoms with Gasteiger partial charge in [0.25, 0.3) is 0 Å². The van der Waals surface area contributed by atoms with Crippen molar-refractivity contribution in [3.63, 3.8) is 0 Å². The van der Waals surface area contributed by atoms with Gasteiger partial charge in [-0.1, -0.05) is 6.42 Å². The van der Waals surface area contributed by atoms with Crippen LogP contribution in [0.25, 0.3) is 0 Å². The monoisotopic (exact) mass is 283 g/mol. The number of hydrogen-bond acceptors (Lipinski definition) is 5. The molecule has 5 nitrogen and oxygen atoms in total. The van der Waals surface area contributed by atoms with Gasteiger partial charge < -0.3 is 15.0 Å². The van der Waals surface area contributed by atoms with Gasteiger partial charge in [0.1, 0.15) is 11.6 Å². The molecule has 1 saturated carbocycles. The van der Waals surface area contributed by atoms with Crippen molar-refractivity contribution in [3.8, 4) is 0 Å². The van der Waals surface area contributed by atoms with Crippen LogP contribution >= 0.6 is 11.8 Å². The van der Waals surface area contributed by atoms with Gasteiger partial charge in [0.2, 0.25) is 0 Å². The number of carbonyl (C=O) groups is 1.